The van der Waals surface area contributed by atoms with Crippen molar-refractivity contribution in [1.29, 1.82) is 0 Å². The molecule has 3 saturated heterocycles. The second-order valence-corrected chi connectivity index (χ2v) is 8.77. The van der Waals surface area contributed by atoms with Gasteiger partial charge in [-0.1, -0.05) is 6.07 Å². The topological polar surface area (TPSA) is 87.2 Å². The summed E-state index contributed by atoms with van der Waals surface area (Å²) in [6, 6.07) is 11.2. The molecule has 0 atom stereocenters. The summed E-state index contributed by atoms with van der Waals surface area (Å²) in [4.78, 5) is 34.7. The minimum absolute atomic E-state index is 0.00424. The summed E-state index contributed by atoms with van der Waals surface area (Å²) >= 11 is 0. The maximum Gasteiger partial charge on any atom is 0.321 e. The molecule has 0 radical (unpaired) electrons. The third-order valence-electron chi connectivity index (χ3n) is 6.40. The Kier molecular flexibility index (Phi) is 6.41. The van der Waals surface area contributed by atoms with Gasteiger partial charge in [0.15, 0.2) is 0 Å². The van der Waals surface area contributed by atoms with Gasteiger partial charge in [0, 0.05) is 50.2 Å². The van der Waals surface area contributed by atoms with Gasteiger partial charge in [-0.25, -0.2) is 4.79 Å². The molecule has 2 aromatic rings. The minimum atomic E-state index is -0.0998. The number of nitrogens with zero attached hydrogens (tertiary/aromatic N) is 4. The Labute approximate surface area is 193 Å². The van der Waals surface area contributed by atoms with E-state index >= 15 is 0 Å². The molecule has 3 amide bonds. The van der Waals surface area contributed by atoms with Crippen LogP contribution in [0, 0.1) is 0 Å². The summed E-state index contributed by atoms with van der Waals surface area (Å²) in [6.07, 6.45) is 3.62. The molecule has 3 aliphatic rings. The lowest BCUT2D eigenvalue weighted by molar-refractivity contribution is -0.142. The number of morpholine rings is 1. The van der Waals surface area contributed by atoms with Crippen LogP contribution in [-0.4, -0.2) is 96.8 Å². The molecule has 174 valence electrons. The van der Waals surface area contributed by atoms with Crippen molar-refractivity contribution in [2.75, 3.05) is 64.3 Å². The van der Waals surface area contributed by atoms with Gasteiger partial charge in [0.1, 0.15) is 11.9 Å². The largest absolute Gasteiger partial charge is 0.487 e. The second-order valence-electron chi connectivity index (χ2n) is 8.77. The molecular formula is C24H29N5O4. The quantitative estimate of drug-likeness (QED) is 0.719. The predicted octanol–water partition coefficient (Wildman–Crippen LogP) is 1.63. The SMILES string of the molecule is O=C(CN1CCOCC1)N1CC(Oc2ccc(NC(=O)N3CC(c4cccnc4)C3)cc2)C1. The normalized spacial score (nSPS) is 19.5. The molecule has 0 bridgehead atoms. The summed E-state index contributed by atoms with van der Waals surface area (Å²) in [5, 5.41) is 2.93. The fourth-order valence-electron chi connectivity index (χ4n) is 4.25. The Morgan fingerprint density at radius 1 is 1.03 bits per heavy atom. The number of rotatable bonds is 6. The Balaban J connectivity index is 1.02. The third-order valence-corrected chi connectivity index (χ3v) is 6.40. The molecule has 1 aromatic heterocycles. The first kappa shape index (κ1) is 21.7. The molecule has 4 heterocycles. The predicted molar refractivity (Wildman–Crippen MR) is 122 cm³/mol. The van der Waals surface area contributed by atoms with Crippen molar-refractivity contribution < 1.29 is 19.1 Å². The van der Waals surface area contributed by atoms with Crippen LogP contribution in [0.25, 0.3) is 0 Å². The van der Waals surface area contributed by atoms with E-state index in [1.807, 2.05) is 47.5 Å². The molecule has 0 unspecified atom stereocenters. The number of anilines is 1. The number of carbonyl (C=O) groups excluding carboxylic acids is 2. The first-order chi connectivity index (χ1) is 16.1. The van der Waals surface area contributed by atoms with Crippen LogP contribution in [-0.2, 0) is 9.53 Å². The molecule has 1 aromatic carbocycles. The zero-order valence-corrected chi connectivity index (χ0v) is 18.6. The third kappa shape index (κ3) is 5.26. The van der Waals surface area contributed by atoms with Crippen molar-refractivity contribution >= 4 is 17.6 Å². The zero-order valence-electron chi connectivity index (χ0n) is 18.6. The summed E-state index contributed by atoms with van der Waals surface area (Å²) in [5.74, 6) is 1.23. The fourth-order valence-corrected chi connectivity index (χ4v) is 4.25. The lowest BCUT2D eigenvalue weighted by atomic mass is 9.93. The van der Waals surface area contributed by atoms with Crippen LogP contribution in [0.2, 0.25) is 0 Å². The summed E-state index contributed by atoms with van der Waals surface area (Å²) in [6.45, 7) is 6.06. The van der Waals surface area contributed by atoms with E-state index in [-0.39, 0.29) is 18.0 Å². The summed E-state index contributed by atoms with van der Waals surface area (Å²) in [5.41, 5.74) is 1.90. The second kappa shape index (κ2) is 9.76. The zero-order chi connectivity index (χ0) is 22.6. The van der Waals surface area contributed by atoms with E-state index < -0.39 is 0 Å². The van der Waals surface area contributed by atoms with Crippen LogP contribution in [0.1, 0.15) is 11.5 Å². The number of hydrogen-bond donors (Lipinski definition) is 1. The average molecular weight is 452 g/mol. The average Bonchev–Trinajstić information content (AvgIpc) is 2.77. The summed E-state index contributed by atoms with van der Waals surface area (Å²) < 4.78 is 11.3. The Morgan fingerprint density at radius 2 is 1.79 bits per heavy atom. The number of hydrogen-bond acceptors (Lipinski definition) is 6. The molecular weight excluding hydrogens is 422 g/mol. The molecule has 0 aliphatic carbocycles. The van der Waals surface area contributed by atoms with Crippen molar-refractivity contribution in [1.82, 2.24) is 19.7 Å². The highest BCUT2D eigenvalue weighted by Gasteiger charge is 2.33. The number of ether oxygens (including phenoxy) is 2. The standard InChI is InChI=1S/C24H29N5O4/c30-23(17-27-8-10-32-11-9-27)28-15-22(16-28)33-21-5-3-20(4-6-21)26-24(31)29-13-19(14-29)18-2-1-7-25-12-18/h1-7,12,19,22H,8-11,13-17H2,(H,26,31). The molecule has 9 heteroatoms. The number of carbonyl (C=O) groups is 2. The van der Waals surface area contributed by atoms with Gasteiger partial charge in [-0.05, 0) is 35.9 Å². The molecule has 33 heavy (non-hydrogen) atoms. The van der Waals surface area contributed by atoms with E-state index in [4.69, 9.17) is 9.47 Å². The lowest BCUT2D eigenvalue weighted by Crippen LogP contribution is -2.58. The van der Waals surface area contributed by atoms with Crippen molar-refractivity contribution in [3.05, 3.63) is 54.4 Å². The monoisotopic (exact) mass is 451 g/mol. The molecule has 0 spiro atoms. The van der Waals surface area contributed by atoms with Crippen LogP contribution in [0.5, 0.6) is 5.75 Å². The van der Waals surface area contributed by atoms with Crippen LogP contribution in [0.15, 0.2) is 48.8 Å². The van der Waals surface area contributed by atoms with Gasteiger partial charge < -0.3 is 24.6 Å². The number of benzene rings is 1. The number of likely N-dealkylation sites (tertiary alicyclic amines) is 2. The molecule has 1 N–H and O–H groups in total. The first-order valence-corrected chi connectivity index (χ1v) is 11.4. The lowest BCUT2D eigenvalue weighted by Gasteiger charge is -2.40. The van der Waals surface area contributed by atoms with Crippen molar-refractivity contribution in [2.24, 2.45) is 0 Å². The number of amides is 3. The van der Waals surface area contributed by atoms with E-state index in [0.29, 0.717) is 51.9 Å². The fraction of sp³-hybridized carbons (Fsp3) is 0.458. The van der Waals surface area contributed by atoms with Gasteiger partial charge in [-0.2, -0.15) is 0 Å². The van der Waals surface area contributed by atoms with E-state index in [1.165, 1.54) is 5.56 Å². The number of nitrogens with one attached hydrogen (secondary N) is 1. The highest BCUT2D eigenvalue weighted by molar-refractivity contribution is 5.90. The molecule has 0 saturated carbocycles. The van der Waals surface area contributed by atoms with Crippen LogP contribution in [0.3, 0.4) is 0 Å². The van der Waals surface area contributed by atoms with Gasteiger partial charge in [0.05, 0.1) is 32.8 Å². The van der Waals surface area contributed by atoms with Gasteiger partial charge in [-0.3, -0.25) is 14.7 Å². The smallest absolute Gasteiger partial charge is 0.321 e. The molecule has 9 nitrogen and oxygen atoms in total. The Hall–Kier alpha value is -3.17. The van der Waals surface area contributed by atoms with E-state index in [9.17, 15) is 9.59 Å². The highest BCUT2D eigenvalue weighted by Crippen LogP contribution is 2.27. The van der Waals surface area contributed by atoms with Gasteiger partial charge in [0.2, 0.25) is 5.91 Å². The van der Waals surface area contributed by atoms with Gasteiger partial charge in [-0.15, -0.1) is 0 Å². The van der Waals surface area contributed by atoms with Crippen LogP contribution < -0.4 is 10.1 Å². The molecule has 5 rings (SSSR count). The van der Waals surface area contributed by atoms with E-state index in [0.717, 1.165) is 24.5 Å². The van der Waals surface area contributed by atoms with Crippen molar-refractivity contribution in [2.45, 2.75) is 12.0 Å². The Morgan fingerprint density at radius 3 is 2.48 bits per heavy atom. The number of aromatic nitrogens is 1. The van der Waals surface area contributed by atoms with Crippen molar-refractivity contribution in [3.63, 3.8) is 0 Å². The van der Waals surface area contributed by atoms with E-state index in [2.05, 4.69) is 15.2 Å². The molecule has 3 fully saturated rings. The van der Waals surface area contributed by atoms with Gasteiger partial charge >= 0.3 is 6.03 Å². The van der Waals surface area contributed by atoms with Crippen LogP contribution >= 0.6 is 0 Å². The number of urea groups is 1. The number of pyridine rings is 1. The minimum Gasteiger partial charge on any atom is -0.487 e. The van der Waals surface area contributed by atoms with Gasteiger partial charge in [0.25, 0.3) is 0 Å². The van der Waals surface area contributed by atoms with E-state index in [1.54, 1.807) is 11.1 Å². The van der Waals surface area contributed by atoms with Crippen LogP contribution in [0.4, 0.5) is 10.5 Å². The molecule has 3 aliphatic heterocycles. The van der Waals surface area contributed by atoms with Crippen molar-refractivity contribution in [3.8, 4) is 5.75 Å². The maximum absolute atomic E-state index is 12.5. The summed E-state index contributed by atoms with van der Waals surface area (Å²) in [7, 11) is 0. The maximum atomic E-state index is 12.5. The Bertz CT molecular complexity index is 953. The highest BCUT2D eigenvalue weighted by atomic mass is 16.5. The first-order valence-electron chi connectivity index (χ1n) is 11.4.